The van der Waals surface area contributed by atoms with Crippen molar-refractivity contribution in [2.45, 2.75) is 6.92 Å². The molecule has 0 amide bonds. The largest absolute Gasteiger partial charge is 0.497 e. The lowest BCUT2D eigenvalue weighted by atomic mass is 10.3. The number of nitrogens with one attached hydrogen (secondary N) is 2. The summed E-state index contributed by atoms with van der Waals surface area (Å²) in [5.41, 5.74) is 2.27. The molecule has 0 saturated carbocycles. The number of ether oxygens (including phenoxy) is 1. The Labute approximate surface area is 156 Å². The maximum Gasteiger partial charge on any atom is 0.229 e. The quantitative estimate of drug-likeness (QED) is 0.609. The van der Waals surface area contributed by atoms with Gasteiger partial charge in [-0.2, -0.15) is 4.98 Å². The molecule has 7 heteroatoms. The van der Waals surface area contributed by atoms with Gasteiger partial charge in [-0.1, -0.05) is 29.3 Å². The maximum absolute atomic E-state index is 6.19. The molecule has 3 rings (SSSR count). The zero-order valence-electron chi connectivity index (χ0n) is 13.7. The van der Waals surface area contributed by atoms with Gasteiger partial charge in [-0.3, -0.25) is 0 Å². The fraction of sp³-hybridized carbons (Fsp3) is 0.111. The van der Waals surface area contributed by atoms with Crippen LogP contribution in [0.5, 0.6) is 5.75 Å². The molecule has 0 saturated heterocycles. The predicted octanol–water partition coefficient (Wildman–Crippen LogP) is 5.59. The Balaban J connectivity index is 1.85. The molecule has 0 aliphatic heterocycles. The Morgan fingerprint density at radius 1 is 0.920 bits per heavy atom. The number of hydrogen-bond acceptors (Lipinski definition) is 5. The first-order valence-electron chi connectivity index (χ1n) is 7.53. The summed E-state index contributed by atoms with van der Waals surface area (Å²) in [7, 11) is 1.63. The van der Waals surface area contributed by atoms with E-state index < -0.39 is 0 Å². The van der Waals surface area contributed by atoms with Gasteiger partial charge in [0.1, 0.15) is 11.6 Å². The summed E-state index contributed by atoms with van der Waals surface area (Å²) in [6.07, 6.45) is 0. The van der Waals surface area contributed by atoms with Crippen molar-refractivity contribution in [3.8, 4) is 5.75 Å². The highest BCUT2D eigenvalue weighted by molar-refractivity contribution is 6.39. The first kappa shape index (κ1) is 17.3. The number of methoxy groups -OCH3 is 1. The lowest BCUT2D eigenvalue weighted by molar-refractivity contribution is 0.415. The van der Waals surface area contributed by atoms with E-state index in [1.165, 1.54) is 0 Å². The van der Waals surface area contributed by atoms with Crippen molar-refractivity contribution in [1.82, 2.24) is 9.97 Å². The summed E-state index contributed by atoms with van der Waals surface area (Å²) in [5.74, 6) is 1.86. The molecule has 1 heterocycles. The number of rotatable bonds is 5. The average Bonchev–Trinajstić information content (AvgIpc) is 2.58. The Bertz CT molecular complexity index is 864. The zero-order valence-corrected chi connectivity index (χ0v) is 15.2. The van der Waals surface area contributed by atoms with E-state index in [1.54, 1.807) is 25.3 Å². The van der Waals surface area contributed by atoms with E-state index >= 15 is 0 Å². The SMILES string of the molecule is COc1ccc(Nc2cc(C)nc(Nc3c(Cl)cccc3Cl)n2)cc1. The summed E-state index contributed by atoms with van der Waals surface area (Å²) in [5, 5.41) is 7.32. The smallest absolute Gasteiger partial charge is 0.229 e. The third-order valence-electron chi connectivity index (χ3n) is 3.42. The van der Waals surface area contributed by atoms with Gasteiger partial charge in [0.15, 0.2) is 0 Å². The number of benzene rings is 2. The third-order valence-corrected chi connectivity index (χ3v) is 4.05. The van der Waals surface area contributed by atoms with Crippen LogP contribution in [0.2, 0.25) is 10.0 Å². The van der Waals surface area contributed by atoms with Crippen molar-refractivity contribution in [3.05, 3.63) is 64.3 Å². The second-order valence-corrected chi connectivity index (χ2v) is 6.11. The molecule has 0 fully saturated rings. The number of aryl methyl sites for hydroxylation is 1. The Morgan fingerprint density at radius 2 is 1.60 bits per heavy atom. The van der Waals surface area contributed by atoms with E-state index in [9.17, 15) is 0 Å². The van der Waals surface area contributed by atoms with E-state index in [2.05, 4.69) is 20.6 Å². The van der Waals surface area contributed by atoms with Crippen LogP contribution in [0.4, 0.5) is 23.1 Å². The van der Waals surface area contributed by atoms with Gasteiger partial charge >= 0.3 is 0 Å². The molecule has 3 aromatic rings. The van der Waals surface area contributed by atoms with E-state index in [0.717, 1.165) is 17.1 Å². The molecule has 0 radical (unpaired) electrons. The highest BCUT2D eigenvalue weighted by Crippen LogP contribution is 2.32. The van der Waals surface area contributed by atoms with E-state index in [4.69, 9.17) is 27.9 Å². The highest BCUT2D eigenvalue weighted by atomic mass is 35.5. The number of aromatic nitrogens is 2. The molecule has 2 aromatic carbocycles. The summed E-state index contributed by atoms with van der Waals surface area (Å²) >= 11 is 12.4. The second-order valence-electron chi connectivity index (χ2n) is 5.29. The first-order chi connectivity index (χ1) is 12.0. The van der Waals surface area contributed by atoms with Crippen LogP contribution in [0.3, 0.4) is 0 Å². The van der Waals surface area contributed by atoms with Crippen molar-refractivity contribution in [2.24, 2.45) is 0 Å². The molecular formula is C18H16Cl2N4O. The number of nitrogens with zero attached hydrogens (tertiary/aromatic N) is 2. The monoisotopic (exact) mass is 374 g/mol. The lowest BCUT2D eigenvalue weighted by Crippen LogP contribution is -2.03. The molecule has 0 aliphatic carbocycles. The Kier molecular flexibility index (Phi) is 5.26. The van der Waals surface area contributed by atoms with Crippen LogP contribution in [0.15, 0.2) is 48.5 Å². The number of halogens is 2. The van der Waals surface area contributed by atoms with E-state index in [0.29, 0.717) is 27.5 Å². The minimum Gasteiger partial charge on any atom is -0.497 e. The molecule has 0 unspecified atom stereocenters. The molecule has 5 nitrogen and oxygen atoms in total. The predicted molar refractivity (Wildman–Crippen MR) is 103 cm³/mol. The Morgan fingerprint density at radius 3 is 2.24 bits per heavy atom. The van der Waals surface area contributed by atoms with Crippen LogP contribution in [-0.4, -0.2) is 17.1 Å². The van der Waals surface area contributed by atoms with Gasteiger partial charge in [0.05, 0.1) is 22.8 Å². The fourth-order valence-corrected chi connectivity index (χ4v) is 2.73. The molecule has 0 atom stereocenters. The lowest BCUT2D eigenvalue weighted by Gasteiger charge is -2.12. The molecule has 25 heavy (non-hydrogen) atoms. The van der Waals surface area contributed by atoms with Gasteiger partial charge in [-0.15, -0.1) is 0 Å². The summed E-state index contributed by atoms with van der Waals surface area (Å²) in [4.78, 5) is 8.85. The molecule has 0 aliphatic rings. The minimum absolute atomic E-state index is 0.408. The maximum atomic E-state index is 6.19. The highest BCUT2D eigenvalue weighted by Gasteiger charge is 2.09. The molecule has 2 N–H and O–H groups in total. The second kappa shape index (κ2) is 7.59. The third kappa shape index (κ3) is 4.32. The molecule has 1 aromatic heterocycles. The van der Waals surface area contributed by atoms with E-state index in [-0.39, 0.29) is 0 Å². The molecule has 0 spiro atoms. The van der Waals surface area contributed by atoms with Crippen LogP contribution in [-0.2, 0) is 0 Å². The van der Waals surface area contributed by atoms with Crippen LogP contribution in [0, 0.1) is 6.92 Å². The first-order valence-corrected chi connectivity index (χ1v) is 8.28. The molecule has 0 bridgehead atoms. The van der Waals surface area contributed by atoms with Gasteiger partial charge in [0, 0.05) is 17.4 Å². The van der Waals surface area contributed by atoms with Crippen molar-refractivity contribution >= 4 is 46.3 Å². The average molecular weight is 375 g/mol. The van der Waals surface area contributed by atoms with Crippen molar-refractivity contribution in [1.29, 1.82) is 0 Å². The minimum atomic E-state index is 0.408. The van der Waals surface area contributed by atoms with Crippen LogP contribution >= 0.6 is 23.2 Å². The summed E-state index contributed by atoms with van der Waals surface area (Å²) in [6, 6.07) is 14.7. The fourth-order valence-electron chi connectivity index (χ4n) is 2.24. The van der Waals surface area contributed by atoms with Gasteiger partial charge in [-0.25, -0.2) is 4.98 Å². The topological polar surface area (TPSA) is 59.1 Å². The van der Waals surface area contributed by atoms with Gasteiger partial charge in [-0.05, 0) is 43.3 Å². The number of hydrogen-bond donors (Lipinski definition) is 2. The summed E-state index contributed by atoms with van der Waals surface area (Å²) in [6.45, 7) is 1.89. The summed E-state index contributed by atoms with van der Waals surface area (Å²) < 4.78 is 5.16. The van der Waals surface area contributed by atoms with Crippen LogP contribution < -0.4 is 15.4 Å². The van der Waals surface area contributed by atoms with E-state index in [1.807, 2.05) is 37.3 Å². The normalized spacial score (nSPS) is 10.4. The number of anilines is 4. The van der Waals surface area contributed by atoms with Crippen LogP contribution in [0.25, 0.3) is 0 Å². The standard InChI is InChI=1S/C18H16Cl2N4O/c1-11-10-16(22-12-6-8-13(25-2)9-7-12)23-18(21-11)24-17-14(19)4-3-5-15(17)20/h3-10H,1-2H3,(H2,21,22,23,24). The Hall–Kier alpha value is -2.50. The number of para-hydroxylation sites is 1. The van der Waals surface area contributed by atoms with Crippen molar-refractivity contribution in [3.63, 3.8) is 0 Å². The van der Waals surface area contributed by atoms with Gasteiger partial charge in [0.2, 0.25) is 5.95 Å². The van der Waals surface area contributed by atoms with Crippen molar-refractivity contribution in [2.75, 3.05) is 17.7 Å². The van der Waals surface area contributed by atoms with Crippen LogP contribution in [0.1, 0.15) is 5.69 Å². The molecular weight excluding hydrogens is 359 g/mol. The van der Waals surface area contributed by atoms with Crippen molar-refractivity contribution < 1.29 is 4.74 Å². The molecule has 128 valence electrons. The zero-order chi connectivity index (χ0) is 17.8. The van der Waals surface area contributed by atoms with Gasteiger partial charge < -0.3 is 15.4 Å². The van der Waals surface area contributed by atoms with Gasteiger partial charge in [0.25, 0.3) is 0 Å².